The SMILES string of the molecule is NCCOC1CCN(C(=O)Nc2ccc(F)cc2F)CC1. The number of nitrogens with one attached hydrogen (secondary N) is 1. The standard InChI is InChI=1S/C14H19F2N3O2/c15-10-1-2-13(12(16)9-10)18-14(20)19-6-3-11(4-7-19)21-8-5-17/h1-2,9,11H,3-8,17H2,(H,18,20). The van der Waals surface area contributed by atoms with E-state index in [4.69, 9.17) is 10.5 Å². The van der Waals surface area contributed by atoms with Gasteiger partial charge in [0.1, 0.15) is 11.6 Å². The van der Waals surface area contributed by atoms with Gasteiger partial charge in [0, 0.05) is 25.7 Å². The van der Waals surface area contributed by atoms with E-state index in [9.17, 15) is 13.6 Å². The van der Waals surface area contributed by atoms with E-state index in [1.165, 1.54) is 6.07 Å². The predicted molar refractivity (Wildman–Crippen MR) is 75.0 cm³/mol. The third-order valence-corrected chi connectivity index (χ3v) is 3.37. The molecule has 0 radical (unpaired) electrons. The number of likely N-dealkylation sites (tertiary alicyclic amines) is 1. The van der Waals surface area contributed by atoms with Crippen LogP contribution in [0.2, 0.25) is 0 Å². The smallest absolute Gasteiger partial charge is 0.321 e. The van der Waals surface area contributed by atoms with Crippen LogP contribution in [0.1, 0.15) is 12.8 Å². The Balaban J connectivity index is 1.84. The molecule has 2 amide bonds. The number of nitrogens with zero attached hydrogens (tertiary/aromatic N) is 1. The van der Waals surface area contributed by atoms with Gasteiger partial charge in [-0.1, -0.05) is 0 Å². The number of nitrogens with two attached hydrogens (primary N) is 1. The highest BCUT2D eigenvalue weighted by Crippen LogP contribution is 2.18. The van der Waals surface area contributed by atoms with Crippen molar-refractivity contribution >= 4 is 11.7 Å². The number of benzene rings is 1. The molecular formula is C14H19F2N3O2. The summed E-state index contributed by atoms with van der Waals surface area (Å²) in [6.07, 6.45) is 1.55. The normalized spacial score (nSPS) is 16.0. The Morgan fingerprint density at radius 2 is 2.10 bits per heavy atom. The minimum atomic E-state index is -0.787. The van der Waals surface area contributed by atoms with Crippen LogP contribution in [-0.2, 0) is 4.74 Å². The van der Waals surface area contributed by atoms with Gasteiger partial charge in [0.05, 0.1) is 18.4 Å². The highest BCUT2D eigenvalue weighted by atomic mass is 19.1. The number of ether oxygens (including phenoxy) is 1. The summed E-state index contributed by atoms with van der Waals surface area (Å²) in [6, 6.07) is 2.66. The lowest BCUT2D eigenvalue weighted by atomic mass is 10.1. The highest BCUT2D eigenvalue weighted by molar-refractivity contribution is 5.89. The summed E-state index contributed by atoms with van der Waals surface area (Å²) in [5.41, 5.74) is 5.35. The monoisotopic (exact) mass is 299 g/mol. The van der Waals surface area contributed by atoms with Crippen molar-refractivity contribution in [1.82, 2.24) is 4.90 Å². The number of amides is 2. The summed E-state index contributed by atoms with van der Waals surface area (Å²) in [4.78, 5) is 13.6. The fourth-order valence-electron chi connectivity index (χ4n) is 2.25. The van der Waals surface area contributed by atoms with Crippen LogP contribution in [0.25, 0.3) is 0 Å². The Morgan fingerprint density at radius 3 is 2.71 bits per heavy atom. The van der Waals surface area contributed by atoms with Crippen LogP contribution in [-0.4, -0.2) is 43.3 Å². The Labute approximate surface area is 122 Å². The van der Waals surface area contributed by atoms with Gasteiger partial charge >= 0.3 is 6.03 Å². The van der Waals surface area contributed by atoms with Crippen LogP contribution in [0, 0.1) is 11.6 Å². The van der Waals surface area contributed by atoms with Gasteiger partial charge in [0.2, 0.25) is 0 Å². The van der Waals surface area contributed by atoms with Gasteiger partial charge in [-0.2, -0.15) is 0 Å². The molecule has 116 valence electrons. The predicted octanol–water partition coefficient (Wildman–Crippen LogP) is 1.94. The van der Waals surface area contributed by atoms with Gasteiger partial charge in [0.15, 0.2) is 0 Å². The Bertz CT molecular complexity index is 491. The molecule has 3 N–H and O–H groups in total. The third-order valence-electron chi connectivity index (χ3n) is 3.37. The van der Waals surface area contributed by atoms with E-state index in [-0.39, 0.29) is 11.8 Å². The van der Waals surface area contributed by atoms with Crippen molar-refractivity contribution in [2.24, 2.45) is 5.73 Å². The molecule has 0 unspecified atom stereocenters. The first-order valence-electron chi connectivity index (χ1n) is 6.93. The molecule has 1 saturated heterocycles. The molecule has 0 aromatic heterocycles. The second kappa shape index (κ2) is 7.33. The van der Waals surface area contributed by atoms with Crippen LogP contribution in [0.4, 0.5) is 19.3 Å². The van der Waals surface area contributed by atoms with E-state index in [1.807, 2.05) is 0 Å². The molecule has 0 atom stereocenters. The molecule has 5 nitrogen and oxygen atoms in total. The van der Waals surface area contributed by atoms with E-state index in [2.05, 4.69) is 5.32 Å². The maximum absolute atomic E-state index is 13.5. The molecule has 1 aliphatic heterocycles. The van der Waals surface area contributed by atoms with Crippen molar-refractivity contribution in [3.63, 3.8) is 0 Å². The van der Waals surface area contributed by atoms with Crippen molar-refractivity contribution in [2.75, 3.05) is 31.6 Å². The summed E-state index contributed by atoms with van der Waals surface area (Å²) in [7, 11) is 0. The summed E-state index contributed by atoms with van der Waals surface area (Å²) in [5, 5.41) is 2.45. The van der Waals surface area contributed by atoms with Crippen molar-refractivity contribution in [3.05, 3.63) is 29.8 Å². The van der Waals surface area contributed by atoms with E-state index < -0.39 is 17.7 Å². The number of anilines is 1. The first-order valence-corrected chi connectivity index (χ1v) is 6.93. The molecule has 2 rings (SSSR count). The molecule has 0 aliphatic carbocycles. The Hall–Kier alpha value is -1.73. The van der Waals surface area contributed by atoms with E-state index in [0.717, 1.165) is 25.0 Å². The molecule has 7 heteroatoms. The zero-order valence-corrected chi connectivity index (χ0v) is 11.6. The van der Waals surface area contributed by atoms with Crippen LogP contribution in [0.15, 0.2) is 18.2 Å². The second-order valence-electron chi connectivity index (χ2n) is 4.90. The molecule has 1 aromatic carbocycles. The van der Waals surface area contributed by atoms with Gasteiger partial charge in [-0.05, 0) is 25.0 Å². The van der Waals surface area contributed by atoms with Gasteiger partial charge in [0.25, 0.3) is 0 Å². The van der Waals surface area contributed by atoms with Gasteiger partial charge < -0.3 is 20.7 Å². The first-order chi connectivity index (χ1) is 10.1. The topological polar surface area (TPSA) is 67.6 Å². The zero-order valence-electron chi connectivity index (χ0n) is 11.6. The number of hydrogen-bond acceptors (Lipinski definition) is 3. The first kappa shape index (κ1) is 15.7. The average Bonchev–Trinajstić information content (AvgIpc) is 2.48. The minimum Gasteiger partial charge on any atom is -0.377 e. The van der Waals surface area contributed by atoms with Crippen LogP contribution < -0.4 is 11.1 Å². The molecule has 1 aromatic rings. The maximum atomic E-state index is 13.5. The third kappa shape index (κ3) is 4.37. The number of carbonyl (C=O) groups excluding carboxylic acids is 1. The maximum Gasteiger partial charge on any atom is 0.321 e. The lowest BCUT2D eigenvalue weighted by Gasteiger charge is -2.31. The molecule has 0 bridgehead atoms. The minimum absolute atomic E-state index is 0.0251. The van der Waals surface area contributed by atoms with Crippen LogP contribution in [0.3, 0.4) is 0 Å². The molecule has 1 fully saturated rings. The van der Waals surface area contributed by atoms with Gasteiger partial charge in [-0.25, -0.2) is 13.6 Å². The highest BCUT2D eigenvalue weighted by Gasteiger charge is 2.23. The fraction of sp³-hybridized carbons (Fsp3) is 0.500. The lowest BCUT2D eigenvalue weighted by Crippen LogP contribution is -2.43. The van der Waals surface area contributed by atoms with Crippen molar-refractivity contribution in [2.45, 2.75) is 18.9 Å². The summed E-state index contributed by atoms with van der Waals surface area (Å²) in [6.45, 7) is 2.05. The molecule has 21 heavy (non-hydrogen) atoms. The van der Waals surface area contributed by atoms with E-state index in [1.54, 1.807) is 4.90 Å². The molecule has 1 aliphatic rings. The summed E-state index contributed by atoms with van der Waals surface area (Å²) >= 11 is 0. The van der Waals surface area contributed by atoms with Crippen LogP contribution in [0.5, 0.6) is 0 Å². The number of urea groups is 1. The lowest BCUT2D eigenvalue weighted by molar-refractivity contribution is 0.0201. The Kier molecular flexibility index (Phi) is 5.46. The van der Waals surface area contributed by atoms with Crippen molar-refractivity contribution < 1.29 is 18.3 Å². The quantitative estimate of drug-likeness (QED) is 0.893. The zero-order chi connectivity index (χ0) is 15.2. The molecule has 0 saturated carbocycles. The number of halogens is 2. The molecule has 1 heterocycles. The summed E-state index contributed by atoms with van der Waals surface area (Å²) in [5.74, 6) is -1.46. The largest absolute Gasteiger partial charge is 0.377 e. The van der Waals surface area contributed by atoms with Gasteiger partial charge in [-0.15, -0.1) is 0 Å². The van der Waals surface area contributed by atoms with Crippen molar-refractivity contribution in [1.29, 1.82) is 0 Å². The number of hydrogen-bond donors (Lipinski definition) is 2. The number of carbonyl (C=O) groups is 1. The van der Waals surface area contributed by atoms with E-state index >= 15 is 0 Å². The van der Waals surface area contributed by atoms with Crippen molar-refractivity contribution in [3.8, 4) is 0 Å². The fourth-order valence-corrected chi connectivity index (χ4v) is 2.25. The number of piperidine rings is 1. The molecule has 0 spiro atoms. The Morgan fingerprint density at radius 1 is 1.38 bits per heavy atom. The van der Waals surface area contributed by atoms with E-state index in [0.29, 0.717) is 26.2 Å². The second-order valence-corrected chi connectivity index (χ2v) is 4.90. The molecular weight excluding hydrogens is 280 g/mol. The van der Waals surface area contributed by atoms with Crippen LogP contribution >= 0.6 is 0 Å². The number of rotatable bonds is 4. The van der Waals surface area contributed by atoms with Gasteiger partial charge in [-0.3, -0.25) is 0 Å². The average molecular weight is 299 g/mol. The summed E-state index contributed by atoms with van der Waals surface area (Å²) < 4.78 is 31.8.